The number of aliphatic hydroxyl groups is 1. The molecular weight excluding hydrogens is 328 g/mol. The molecule has 0 bridgehead atoms. The smallest absolute Gasteiger partial charge is 0.0540 e. The van der Waals surface area contributed by atoms with E-state index in [-0.39, 0.29) is 6.10 Å². The molecule has 0 heterocycles. The Morgan fingerprint density at radius 3 is 1.07 bits per heavy atom. The SMILES string of the molecule is CCCCCCCCCCCCCC(O)CCCCCCCCCC(C)C. The van der Waals surface area contributed by atoms with Crippen LogP contribution in [0.15, 0.2) is 0 Å². The summed E-state index contributed by atoms with van der Waals surface area (Å²) in [5.41, 5.74) is 0. The molecule has 0 radical (unpaired) electrons. The van der Waals surface area contributed by atoms with Crippen molar-refractivity contribution >= 4 is 0 Å². The molecule has 0 saturated heterocycles. The third kappa shape index (κ3) is 23.9. The monoisotopic (exact) mass is 382 g/mol. The molecule has 0 aromatic carbocycles. The van der Waals surface area contributed by atoms with Gasteiger partial charge in [-0.2, -0.15) is 0 Å². The summed E-state index contributed by atoms with van der Waals surface area (Å²) in [7, 11) is 0. The van der Waals surface area contributed by atoms with Crippen LogP contribution in [-0.2, 0) is 0 Å². The minimum absolute atomic E-state index is 0.0328. The maximum Gasteiger partial charge on any atom is 0.0540 e. The second kappa shape index (κ2) is 22.3. The van der Waals surface area contributed by atoms with E-state index in [1.54, 1.807) is 0 Å². The Morgan fingerprint density at radius 1 is 0.444 bits per heavy atom. The van der Waals surface area contributed by atoms with Crippen LogP contribution >= 0.6 is 0 Å². The second-order valence-corrected chi connectivity index (χ2v) is 9.42. The first kappa shape index (κ1) is 27.0. The van der Waals surface area contributed by atoms with E-state index in [0.29, 0.717) is 0 Å². The Morgan fingerprint density at radius 2 is 0.741 bits per heavy atom. The van der Waals surface area contributed by atoms with Gasteiger partial charge in [0.1, 0.15) is 0 Å². The molecule has 1 nitrogen and oxygen atoms in total. The van der Waals surface area contributed by atoms with Crippen LogP contribution in [0.4, 0.5) is 0 Å². The lowest BCUT2D eigenvalue weighted by Crippen LogP contribution is -2.05. The largest absolute Gasteiger partial charge is 0.393 e. The zero-order chi connectivity index (χ0) is 20.0. The lowest BCUT2D eigenvalue weighted by atomic mass is 10.0. The van der Waals surface area contributed by atoms with Crippen molar-refractivity contribution in [3.8, 4) is 0 Å². The first-order valence-corrected chi connectivity index (χ1v) is 12.8. The van der Waals surface area contributed by atoms with Crippen LogP contribution in [0.1, 0.15) is 156 Å². The molecule has 1 heteroatoms. The van der Waals surface area contributed by atoms with Gasteiger partial charge in [0, 0.05) is 0 Å². The standard InChI is InChI=1S/C26H54O/c1-4-5-6-7-8-9-10-11-14-17-20-23-26(27)24-21-18-15-12-13-16-19-22-25(2)3/h25-27H,4-24H2,1-3H3. The maximum atomic E-state index is 10.1. The average molecular weight is 383 g/mol. The molecule has 0 aliphatic rings. The normalized spacial score (nSPS) is 12.8. The first-order chi connectivity index (χ1) is 13.2. The van der Waals surface area contributed by atoms with Gasteiger partial charge in [0.15, 0.2) is 0 Å². The maximum absolute atomic E-state index is 10.1. The van der Waals surface area contributed by atoms with Crippen molar-refractivity contribution in [2.75, 3.05) is 0 Å². The number of rotatable bonds is 22. The molecule has 0 aliphatic carbocycles. The van der Waals surface area contributed by atoms with Gasteiger partial charge in [0.2, 0.25) is 0 Å². The zero-order valence-corrected chi connectivity index (χ0v) is 19.5. The Bertz CT molecular complexity index is 261. The molecule has 1 atom stereocenters. The zero-order valence-electron chi connectivity index (χ0n) is 19.5. The minimum atomic E-state index is -0.0328. The fourth-order valence-corrected chi connectivity index (χ4v) is 4.00. The van der Waals surface area contributed by atoms with E-state index >= 15 is 0 Å². The summed E-state index contributed by atoms with van der Waals surface area (Å²) in [6.07, 6.45) is 28.3. The molecule has 0 saturated carbocycles. The van der Waals surface area contributed by atoms with E-state index in [1.165, 1.54) is 122 Å². The molecule has 0 fully saturated rings. The van der Waals surface area contributed by atoms with Gasteiger partial charge < -0.3 is 5.11 Å². The highest BCUT2D eigenvalue weighted by Gasteiger charge is 2.04. The van der Waals surface area contributed by atoms with Crippen LogP contribution < -0.4 is 0 Å². The Balaban J connectivity index is 3.14. The first-order valence-electron chi connectivity index (χ1n) is 12.8. The van der Waals surface area contributed by atoms with Crippen molar-refractivity contribution in [3.05, 3.63) is 0 Å². The number of unbranched alkanes of at least 4 members (excludes halogenated alkanes) is 16. The van der Waals surface area contributed by atoms with E-state index < -0.39 is 0 Å². The molecule has 0 aliphatic heterocycles. The number of aliphatic hydroxyl groups excluding tert-OH is 1. The predicted molar refractivity (Wildman–Crippen MR) is 123 cm³/mol. The minimum Gasteiger partial charge on any atom is -0.393 e. The highest BCUT2D eigenvalue weighted by molar-refractivity contribution is 4.58. The lowest BCUT2D eigenvalue weighted by Gasteiger charge is -2.10. The van der Waals surface area contributed by atoms with Crippen molar-refractivity contribution in [3.63, 3.8) is 0 Å². The summed E-state index contributed by atoms with van der Waals surface area (Å²) >= 11 is 0. The fourth-order valence-electron chi connectivity index (χ4n) is 4.00. The van der Waals surface area contributed by atoms with Crippen molar-refractivity contribution in [1.82, 2.24) is 0 Å². The van der Waals surface area contributed by atoms with E-state index in [9.17, 15) is 5.11 Å². The fraction of sp³-hybridized carbons (Fsp3) is 1.00. The van der Waals surface area contributed by atoms with Gasteiger partial charge in [-0.05, 0) is 18.8 Å². The van der Waals surface area contributed by atoms with E-state index in [0.717, 1.165) is 18.8 Å². The molecule has 1 unspecified atom stereocenters. The van der Waals surface area contributed by atoms with Gasteiger partial charge in [0.25, 0.3) is 0 Å². The summed E-state index contributed by atoms with van der Waals surface area (Å²) in [4.78, 5) is 0. The predicted octanol–water partition coefficient (Wildman–Crippen LogP) is 9.22. The molecule has 27 heavy (non-hydrogen) atoms. The lowest BCUT2D eigenvalue weighted by molar-refractivity contribution is 0.147. The van der Waals surface area contributed by atoms with Gasteiger partial charge in [0.05, 0.1) is 6.10 Å². The summed E-state index contributed by atoms with van der Waals surface area (Å²) in [5, 5.41) is 10.1. The third-order valence-electron chi connectivity index (χ3n) is 5.96. The molecule has 0 aromatic heterocycles. The summed E-state index contributed by atoms with van der Waals surface area (Å²) < 4.78 is 0. The third-order valence-corrected chi connectivity index (χ3v) is 5.96. The quantitative estimate of drug-likeness (QED) is 0.185. The van der Waals surface area contributed by atoms with Gasteiger partial charge >= 0.3 is 0 Å². The van der Waals surface area contributed by atoms with Gasteiger partial charge in [-0.25, -0.2) is 0 Å². The number of hydrogen-bond acceptors (Lipinski definition) is 1. The molecule has 0 aromatic rings. The van der Waals surface area contributed by atoms with Crippen molar-refractivity contribution < 1.29 is 5.11 Å². The molecular formula is C26H54O. The number of hydrogen-bond donors (Lipinski definition) is 1. The van der Waals surface area contributed by atoms with Crippen LogP contribution in [0.3, 0.4) is 0 Å². The highest BCUT2D eigenvalue weighted by atomic mass is 16.3. The van der Waals surface area contributed by atoms with E-state index in [4.69, 9.17) is 0 Å². The Labute approximate surface area is 173 Å². The van der Waals surface area contributed by atoms with Crippen molar-refractivity contribution in [1.29, 1.82) is 0 Å². The van der Waals surface area contributed by atoms with Crippen LogP contribution in [0.2, 0.25) is 0 Å². The summed E-state index contributed by atoms with van der Waals surface area (Å²) in [6, 6.07) is 0. The van der Waals surface area contributed by atoms with Gasteiger partial charge in [-0.15, -0.1) is 0 Å². The summed E-state index contributed by atoms with van der Waals surface area (Å²) in [6.45, 7) is 6.93. The molecule has 1 N–H and O–H groups in total. The molecule has 0 spiro atoms. The second-order valence-electron chi connectivity index (χ2n) is 9.42. The van der Waals surface area contributed by atoms with Crippen molar-refractivity contribution in [2.45, 2.75) is 162 Å². The van der Waals surface area contributed by atoms with Crippen LogP contribution in [0.25, 0.3) is 0 Å². The molecule has 164 valence electrons. The van der Waals surface area contributed by atoms with Crippen LogP contribution in [0.5, 0.6) is 0 Å². The molecule has 0 rings (SSSR count). The highest BCUT2D eigenvalue weighted by Crippen LogP contribution is 2.16. The van der Waals surface area contributed by atoms with Crippen LogP contribution in [-0.4, -0.2) is 11.2 Å². The van der Waals surface area contributed by atoms with Gasteiger partial charge in [-0.1, -0.05) is 143 Å². The van der Waals surface area contributed by atoms with Crippen molar-refractivity contribution in [2.24, 2.45) is 5.92 Å². The van der Waals surface area contributed by atoms with E-state index in [2.05, 4.69) is 20.8 Å². The molecule has 0 amide bonds. The average Bonchev–Trinajstić information content (AvgIpc) is 2.64. The Hall–Kier alpha value is -0.0400. The van der Waals surface area contributed by atoms with E-state index in [1.807, 2.05) is 0 Å². The topological polar surface area (TPSA) is 20.2 Å². The van der Waals surface area contributed by atoms with Crippen LogP contribution in [0, 0.1) is 5.92 Å². The Kier molecular flexibility index (Phi) is 22.2. The van der Waals surface area contributed by atoms with Gasteiger partial charge in [-0.3, -0.25) is 0 Å². The summed E-state index contributed by atoms with van der Waals surface area (Å²) in [5.74, 6) is 0.867.